The molecular formula is C11H28N3P. The molecule has 0 aliphatic heterocycles. The van der Waals surface area contributed by atoms with E-state index in [1.807, 2.05) is 7.05 Å². The van der Waals surface area contributed by atoms with Crippen molar-refractivity contribution in [3.8, 4) is 0 Å². The first-order valence-corrected chi connectivity index (χ1v) is 7.41. The summed E-state index contributed by atoms with van der Waals surface area (Å²) in [5.41, 5.74) is 0.660. The van der Waals surface area contributed by atoms with Crippen molar-refractivity contribution < 1.29 is 0 Å². The summed E-state index contributed by atoms with van der Waals surface area (Å²) in [5.74, 6) is 0.678. The highest BCUT2D eigenvalue weighted by Crippen LogP contribution is 2.60. The van der Waals surface area contributed by atoms with Crippen molar-refractivity contribution in [1.29, 1.82) is 0 Å². The molecule has 0 aliphatic rings. The lowest BCUT2D eigenvalue weighted by molar-refractivity contribution is 0.487. The Kier molecular flexibility index (Phi) is 6.09. The maximum atomic E-state index is 4.77. The molecule has 15 heavy (non-hydrogen) atoms. The zero-order valence-corrected chi connectivity index (χ0v) is 12.5. The molecule has 0 radical (unpaired) electrons. The highest BCUT2D eigenvalue weighted by molar-refractivity contribution is 7.62. The zero-order chi connectivity index (χ0) is 12.2. The van der Waals surface area contributed by atoms with Crippen LogP contribution in [0.25, 0.3) is 0 Å². The summed E-state index contributed by atoms with van der Waals surface area (Å²) in [7, 11) is 9.11. The summed E-state index contributed by atoms with van der Waals surface area (Å²) in [6.07, 6.45) is 1.19. The molecule has 92 valence electrons. The van der Waals surface area contributed by atoms with Crippen LogP contribution in [0.3, 0.4) is 0 Å². The molecule has 0 amide bonds. The average Bonchev–Trinajstić information content (AvgIpc) is 2.11. The third kappa shape index (κ3) is 2.83. The van der Waals surface area contributed by atoms with Crippen molar-refractivity contribution >= 4 is 7.36 Å². The summed E-state index contributed by atoms with van der Waals surface area (Å²) in [6.45, 7) is 6.89. The van der Waals surface area contributed by atoms with Crippen molar-refractivity contribution in [2.45, 2.75) is 32.9 Å². The molecule has 3 nitrogen and oxygen atoms in total. The Hall–Kier alpha value is 0.150. The molecule has 0 aromatic heterocycles. The number of hydrogen-bond acceptors (Lipinski definition) is 1. The SMILES string of the molecule is CCC(C(C)C)P(=NC)(N(C)C)N(C)C. The molecule has 0 saturated heterocycles. The van der Waals surface area contributed by atoms with E-state index >= 15 is 0 Å². The van der Waals surface area contributed by atoms with Crippen molar-refractivity contribution in [3.63, 3.8) is 0 Å². The van der Waals surface area contributed by atoms with E-state index in [-0.39, 0.29) is 0 Å². The minimum atomic E-state index is -1.50. The van der Waals surface area contributed by atoms with Crippen LogP contribution in [0.1, 0.15) is 27.2 Å². The van der Waals surface area contributed by atoms with Gasteiger partial charge in [0.05, 0.1) is 7.36 Å². The Morgan fingerprint density at radius 1 is 1.07 bits per heavy atom. The highest BCUT2D eigenvalue weighted by Gasteiger charge is 2.34. The second-order valence-electron chi connectivity index (χ2n) is 4.73. The summed E-state index contributed by atoms with van der Waals surface area (Å²) >= 11 is 0. The first-order chi connectivity index (χ1) is 6.84. The van der Waals surface area contributed by atoms with Gasteiger partial charge in [-0.3, -0.25) is 14.1 Å². The van der Waals surface area contributed by atoms with Gasteiger partial charge in [-0.05, 0) is 40.5 Å². The molecule has 0 rings (SSSR count). The Labute approximate surface area is 96.0 Å². The normalized spacial score (nSPS) is 15.1. The summed E-state index contributed by atoms with van der Waals surface area (Å²) in [4.78, 5) is 0. The lowest BCUT2D eigenvalue weighted by atomic mass is 10.1. The van der Waals surface area contributed by atoms with Gasteiger partial charge in [0.15, 0.2) is 0 Å². The Balaban J connectivity index is 5.44. The van der Waals surface area contributed by atoms with Crippen LogP contribution < -0.4 is 0 Å². The van der Waals surface area contributed by atoms with Crippen molar-refractivity contribution in [2.24, 2.45) is 10.7 Å². The standard InChI is InChI=1S/C11H28N3P/c1-9-11(10(2)3)15(12-4,13(5)6)14(7)8/h10-11H,9H2,1-8H3. The first kappa shape index (κ1) is 15.2. The van der Waals surface area contributed by atoms with E-state index in [9.17, 15) is 0 Å². The van der Waals surface area contributed by atoms with Gasteiger partial charge in [-0.2, -0.15) is 0 Å². The second-order valence-corrected chi connectivity index (χ2v) is 8.62. The van der Waals surface area contributed by atoms with E-state index in [0.717, 1.165) is 0 Å². The largest absolute Gasteiger partial charge is 0.277 e. The summed E-state index contributed by atoms with van der Waals surface area (Å²) < 4.78 is 9.44. The topological polar surface area (TPSA) is 18.8 Å². The molecular weight excluding hydrogens is 205 g/mol. The fourth-order valence-corrected chi connectivity index (χ4v) is 6.78. The van der Waals surface area contributed by atoms with Gasteiger partial charge in [0.2, 0.25) is 0 Å². The van der Waals surface area contributed by atoms with Gasteiger partial charge in [0.25, 0.3) is 0 Å². The number of rotatable bonds is 5. The van der Waals surface area contributed by atoms with E-state index in [1.165, 1.54) is 6.42 Å². The molecule has 0 fully saturated rings. The number of hydrogen-bond donors (Lipinski definition) is 0. The minimum absolute atomic E-state index is 0.660. The van der Waals surface area contributed by atoms with Crippen LogP contribution in [0, 0.1) is 5.92 Å². The van der Waals surface area contributed by atoms with Crippen LogP contribution in [0.15, 0.2) is 4.74 Å². The van der Waals surface area contributed by atoms with Crippen LogP contribution in [0.5, 0.6) is 0 Å². The van der Waals surface area contributed by atoms with Crippen molar-refractivity contribution in [3.05, 3.63) is 0 Å². The predicted molar refractivity (Wildman–Crippen MR) is 71.6 cm³/mol. The van der Waals surface area contributed by atoms with Gasteiger partial charge in [-0.25, -0.2) is 0 Å². The predicted octanol–water partition coefficient (Wildman–Crippen LogP) is 3.21. The first-order valence-electron chi connectivity index (χ1n) is 5.70. The summed E-state index contributed by atoms with van der Waals surface area (Å²) in [6, 6.07) is 0. The van der Waals surface area contributed by atoms with Gasteiger partial charge in [0.1, 0.15) is 0 Å². The molecule has 1 unspecified atom stereocenters. The van der Waals surface area contributed by atoms with Gasteiger partial charge in [-0.1, -0.05) is 20.8 Å². The van der Waals surface area contributed by atoms with Gasteiger partial charge >= 0.3 is 0 Å². The Morgan fingerprint density at radius 3 is 1.53 bits per heavy atom. The number of nitrogens with zero attached hydrogens (tertiary/aromatic N) is 3. The molecule has 0 aromatic rings. The van der Waals surface area contributed by atoms with Crippen LogP contribution in [-0.4, -0.2) is 50.2 Å². The highest BCUT2D eigenvalue weighted by atomic mass is 31.2. The van der Waals surface area contributed by atoms with Crippen LogP contribution >= 0.6 is 7.36 Å². The maximum Gasteiger partial charge on any atom is 0.0987 e. The zero-order valence-electron chi connectivity index (χ0n) is 11.7. The van der Waals surface area contributed by atoms with Crippen LogP contribution in [0.4, 0.5) is 0 Å². The third-order valence-electron chi connectivity index (χ3n) is 3.10. The Morgan fingerprint density at radius 2 is 1.47 bits per heavy atom. The monoisotopic (exact) mass is 233 g/mol. The van der Waals surface area contributed by atoms with E-state index in [1.54, 1.807) is 0 Å². The van der Waals surface area contributed by atoms with Crippen LogP contribution in [-0.2, 0) is 0 Å². The van der Waals surface area contributed by atoms with Crippen molar-refractivity contribution in [2.75, 3.05) is 35.2 Å². The fourth-order valence-electron chi connectivity index (χ4n) is 2.57. The molecule has 0 aliphatic carbocycles. The quantitative estimate of drug-likeness (QED) is 0.679. The summed E-state index contributed by atoms with van der Waals surface area (Å²) in [5, 5.41) is 0. The molecule has 0 heterocycles. The van der Waals surface area contributed by atoms with Gasteiger partial charge in [-0.15, -0.1) is 0 Å². The average molecular weight is 233 g/mol. The molecule has 4 heteroatoms. The molecule has 0 spiro atoms. The van der Waals surface area contributed by atoms with Crippen LogP contribution in [0.2, 0.25) is 0 Å². The molecule has 0 saturated carbocycles. The van der Waals surface area contributed by atoms with Crippen molar-refractivity contribution in [1.82, 2.24) is 9.34 Å². The minimum Gasteiger partial charge on any atom is -0.277 e. The molecule has 0 N–H and O–H groups in total. The molecule has 0 bridgehead atoms. The lowest BCUT2D eigenvalue weighted by Gasteiger charge is -2.43. The second kappa shape index (κ2) is 6.03. The van der Waals surface area contributed by atoms with E-state index < -0.39 is 7.36 Å². The van der Waals surface area contributed by atoms with E-state index in [2.05, 4.69) is 58.3 Å². The Bertz CT molecular complexity index is 222. The van der Waals surface area contributed by atoms with Gasteiger partial charge in [0, 0.05) is 12.7 Å². The smallest absolute Gasteiger partial charge is 0.0987 e. The lowest BCUT2D eigenvalue weighted by Crippen LogP contribution is -2.32. The van der Waals surface area contributed by atoms with E-state index in [4.69, 9.17) is 4.74 Å². The van der Waals surface area contributed by atoms with Gasteiger partial charge < -0.3 is 0 Å². The third-order valence-corrected chi connectivity index (χ3v) is 7.90. The maximum absolute atomic E-state index is 4.77. The fraction of sp³-hybridized carbons (Fsp3) is 1.00. The molecule has 0 aromatic carbocycles. The molecule has 1 atom stereocenters. The van der Waals surface area contributed by atoms with E-state index in [0.29, 0.717) is 11.6 Å².